The van der Waals surface area contributed by atoms with Gasteiger partial charge in [0.2, 0.25) is 5.88 Å². The van der Waals surface area contributed by atoms with Crippen LogP contribution in [0.5, 0.6) is 5.88 Å². The summed E-state index contributed by atoms with van der Waals surface area (Å²) in [7, 11) is 3.16. The van der Waals surface area contributed by atoms with E-state index in [1.807, 2.05) is 6.07 Å². The van der Waals surface area contributed by atoms with E-state index >= 15 is 0 Å². The Morgan fingerprint density at radius 2 is 2.35 bits per heavy atom. The minimum Gasteiger partial charge on any atom is -0.480 e. The number of ether oxygens (including phenoxy) is 1. The first-order valence-electron chi connectivity index (χ1n) is 5.55. The van der Waals surface area contributed by atoms with Crippen molar-refractivity contribution in [3.8, 4) is 11.9 Å². The monoisotopic (exact) mass is 338 g/mol. The molecule has 0 radical (unpaired) electrons. The molecule has 8 nitrogen and oxygen atoms in total. The van der Waals surface area contributed by atoms with Gasteiger partial charge < -0.3 is 10.1 Å². The van der Waals surface area contributed by atoms with Gasteiger partial charge in [-0.3, -0.25) is 9.48 Å². The number of aromatic nitrogens is 4. The summed E-state index contributed by atoms with van der Waals surface area (Å²) in [5.74, 6) is 0.380. The fourth-order valence-electron chi connectivity index (χ4n) is 1.61. The smallest absolute Gasteiger partial charge is 0.278 e. The number of hydrogen-bond donors (Lipinski definition) is 1. The molecule has 2 heterocycles. The first-order valence-corrected chi connectivity index (χ1v) is 6.34. The van der Waals surface area contributed by atoms with Crippen molar-refractivity contribution in [1.29, 1.82) is 5.26 Å². The zero-order valence-corrected chi connectivity index (χ0v) is 12.4. The molecule has 0 spiro atoms. The van der Waals surface area contributed by atoms with Crippen LogP contribution in [0.2, 0.25) is 0 Å². The number of halogens is 1. The topological polar surface area (TPSA) is 97.8 Å². The lowest BCUT2D eigenvalue weighted by Crippen LogP contribution is -2.14. The molecule has 104 valence electrons. The Morgan fingerprint density at radius 1 is 1.60 bits per heavy atom. The number of nitrogens with one attached hydrogen (secondary N) is 1. The molecule has 1 amide bonds. The van der Waals surface area contributed by atoms with Crippen LogP contribution in [0, 0.1) is 11.3 Å². The van der Waals surface area contributed by atoms with Gasteiger partial charge in [-0.15, -0.1) is 0 Å². The highest BCUT2D eigenvalue weighted by atomic mass is 79.9. The van der Waals surface area contributed by atoms with Gasteiger partial charge in [0.15, 0.2) is 11.5 Å². The van der Waals surface area contributed by atoms with Crippen LogP contribution in [-0.4, -0.2) is 32.6 Å². The number of carbonyl (C=O) groups is 1. The van der Waals surface area contributed by atoms with Gasteiger partial charge in [-0.1, -0.05) is 0 Å². The van der Waals surface area contributed by atoms with E-state index in [2.05, 4.69) is 31.4 Å². The molecule has 0 atom stereocenters. The van der Waals surface area contributed by atoms with Gasteiger partial charge in [-0.05, 0) is 15.9 Å². The summed E-state index contributed by atoms with van der Waals surface area (Å²) in [5.41, 5.74) is 0.194. The number of nitrogens with zero attached hydrogens (tertiary/aromatic N) is 5. The molecule has 0 unspecified atom stereocenters. The summed E-state index contributed by atoms with van der Waals surface area (Å²) >= 11 is 3.27. The van der Waals surface area contributed by atoms with E-state index in [4.69, 9.17) is 10.00 Å². The van der Waals surface area contributed by atoms with Gasteiger partial charge in [-0.25, -0.2) is 4.68 Å². The molecule has 0 aliphatic heterocycles. The summed E-state index contributed by atoms with van der Waals surface area (Å²) in [4.78, 5) is 12.1. The Balaban J connectivity index is 2.17. The predicted octanol–water partition coefficient (Wildman–Crippen LogP) is 1.16. The zero-order chi connectivity index (χ0) is 14.7. The molecule has 2 aromatic heterocycles. The van der Waals surface area contributed by atoms with Crippen molar-refractivity contribution in [2.24, 2.45) is 7.05 Å². The fourth-order valence-corrected chi connectivity index (χ4v) is 2.29. The van der Waals surface area contributed by atoms with Gasteiger partial charge in [0.05, 0.1) is 13.2 Å². The third kappa shape index (κ3) is 2.65. The molecule has 2 aromatic rings. The van der Waals surface area contributed by atoms with Crippen molar-refractivity contribution in [1.82, 2.24) is 19.6 Å². The molecule has 0 saturated heterocycles. The normalized spacial score (nSPS) is 10.1. The number of amides is 1. The number of methoxy groups -OCH3 is 1. The molecule has 0 fully saturated rings. The Bertz CT molecular complexity index is 684. The second-order valence-corrected chi connectivity index (χ2v) is 4.60. The molecule has 0 aliphatic rings. The number of nitriles is 1. The first-order chi connectivity index (χ1) is 9.56. The van der Waals surface area contributed by atoms with Crippen molar-refractivity contribution in [2.75, 3.05) is 12.4 Å². The van der Waals surface area contributed by atoms with Gasteiger partial charge in [0.1, 0.15) is 11.0 Å². The van der Waals surface area contributed by atoms with Crippen LogP contribution in [0.4, 0.5) is 5.82 Å². The molecule has 1 N–H and O–H groups in total. The molecular weight excluding hydrogens is 328 g/mol. The Hall–Kier alpha value is -2.34. The van der Waals surface area contributed by atoms with Crippen LogP contribution >= 0.6 is 15.9 Å². The van der Waals surface area contributed by atoms with Gasteiger partial charge in [0, 0.05) is 19.3 Å². The zero-order valence-electron chi connectivity index (χ0n) is 10.8. The van der Waals surface area contributed by atoms with Crippen LogP contribution < -0.4 is 10.1 Å². The standard InChI is InChI=1S/C11H11BrN6O2/c1-17-11(20-2)8(12)9(16-17)10(19)14-7-3-5-18(15-7)6-4-13/h3,5H,6H2,1-2H3,(H,14,15,19). The third-order valence-electron chi connectivity index (χ3n) is 2.46. The fraction of sp³-hybridized carbons (Fsp3) is 0.273. The number of anilines is 1. The van der Waals surface area contributed by atoms with E-state index in [1.165, 1.54) is 16.5 Å². The van der Waals surface area contributed by atoms with Gasteiger partial charge in [0.25, 0.3) is 5.91 Å². The highest BCUT2D eigenvalue weighted by Gasteiger charge is 2.21. The van der Waals surface area contributed by atoms with E-state index in [-0.39, 0.29) is 12.2 Å². The number of carbonyl (C=O) groups excluding carboxylic acids is 1. The van der Waals surface area contributed by atoms with Crippen molar-refractivity contribution < 1.29 is 9.53 Å². The first kappa shape index (κ1) is 14.1. The van der Waals surface area contributed by atoms with Crippen molar-refractivity contribution in [2.45, 2.75) is 6.54 Å². The molecule has 0 aliphatic carbocycles. The molecule has 0 bridgehead atoms. The molecule has 9 heteroatoms. The van der Waals surface area contributed by atoms with Crippen LogP contribution in [-0.2, 0) is 13.6 Å². The van der Waals surface area contributed by atoms with E-state index in [0.717, 1.165) is 0 Å². The minimum atomic E-state index is -0.419. The second-order valence-electron chi connectivity index (χ2n) is 3.81. The lowest BCUT2D eigenvalue weighted by molar-refractivity contribution is 0.102. The quantitative estimate of drug-likeness (QED) is 0.902. The van der Waals surface area contributed by atoms with Crippen LogP contribution in [0.1, 0.15) is 10.5 Å². The van der Waals surface area contributed by atoms with Crippen molar-refractivity contribution in [3.05, 3.63) is 22.4 Å². The summed E-state index contributed by atoms with van der Waals surface area (Å²) < 4.78 is 8.45. The Morgan fingerprint density at radius 3 is 2.95 bits per heavy atom. The van der Waals surface area contributed by atoms with Crippen LogP contribution in [0.3, 0.4) is 0 Å². The van der Waals surface area contributed by atoms with Crippen molar-refractivity contribution >= 4 is 27.7 Å². The lowest BCUT2D eigenvalue weighted by atomic mass is 10.4. The largest absolute Gasteiger partial charge is 0.480 e. The van der Waals surface area contributed by atoms with Crippen LogP contribution in [0.15, 0.2) is 16.7 Å². The third-order valence-corrected chi connectivity index (χ3v) is 3.18. The Labute approximate surface area is 123 Å². The summed E-state index contributed by atoms with van der Waals surface area (Å²) in [6.07, 6.45) is 1.60. The maximum Gasteiger partial charge on any atom is 0.278 e. The van der Waals surface area contributed by atoms with E-state index in [9.17, 15) is 4.79 Å². The predicted molar refractivity (Wildman–Crippen MR) is 73.3 cm³/mol. The summed E-state index contributed by atoms with van der Waals surface area (Å²) in [5, 5.41) is 19.2. The Kier molecular flexibility index (Phi) is 4.05. The number of hydrogen-bond acceptors (Lipinski definition) is 5. The van der Waals surface area contributed by atoms with Gasteiger partial charge >= 0.3 is 0 Å². The van der Waals surface area contributed by atoms with Crippen molar-refractivity contribution in [3.63, 3.8) is 0 Å². The van der Waals surface area contributed by atoms with Gasteiger partial charge in [-0.2, -0.15) is 15.5 Å². The molecular formula is C11H11BrN6O2. The SMILES string of the molecule is COc1c(Br)c(C(=O)Nc2ccn(CC#N)n2)nn1C. The minimum absolute atomic E-state index is 0.122. The average Bonchev–Trinajstić information content (AvgIpc) is 2.95. The molecule has 0 saturated carbocycles. The molecule has 20 heavy (non-hydrogen) atoms. The number of rotatable bonds is 4. The van der Waals surface area contributed by atoms with E-state index in [0.29, 0.717) is 16.2 Å². The van der Waals surface area contributed by atoms with E-state index in [1.54, 1.807) is 19.3 Å². The second kappa shape index (κ2) is 5.75. The summed E-state index contributed by atoms with van der Waals surface area (Å²) in [6, 6.07) is 3.56. The molecule has 2 rings (SSSR count). The number of aryl methyl sites for hydroxylation is 1. The van der Waals surface area contributed by atoms with Crippen LogP contribution in [0.25, 0.3) is 0 Å². The lowest BCUT2D eigenvalue weighted by Gasteiger charge is -1.99. The maximum atomic E-state index is 12.1. The maximum absolute atomic E-state index is 12.1. The highest BCUT2D eigenvalue weighted by Crippen LogP contribution is 2.28. The van der Waals surface area contributed by atoms with E-state index < -0.39 is 5.91 Å². The highest BCUT2D eigenvalue weighted by molar-refractivity contribution is 9.10. The average molecular weight is 339 g/mol. The summed E-state index contributed by atoms with van der Waals surface area (Å²) in [6.45, 7) is 0.122. The molecule has 0 aromatic carbocycles.